The first kappa shape index (κ1) is 14.1. The lowest BCUT2D eigenvalue weighted by atomic mass is 10.0. The maximum absolute atomic E-state index is 12.1. The normalized spacial score (nSPS) is 13.8. The second-order valence-corrected chi connectivity index (χ2v) is 5.04. The second-order valence-electron chi connectivity index (χ2n) is 5.04. The lowest BCUT2D eigenvalue weighted by molar-refractivity contribution is -0.125. The van der Waals surface area contributed by atoms with Gasteiger partial charge in [-0.25, -0.2) is 4.79 Å². The predicted octanol–water partition coefficient (Wildman–Crippen LogP) is 2.32. The molecule has 1 heterocycles. The molecule has 1 saturated heterocycles. The molecule has 2 aromatic carbocycles. The fourth-order valence-electron chi connectivity index (χ4n) is 2.48. The van der Waals surface area contributed by atoms with Crippen molar-refractivity contribution < 1.29 is 9.59 Å². The summed E-state index contributed by atoms with van der Waals surface area (Å²) in [7, 11) is 0. The minimum atomic E-state index is -0.317. The van der Waals surface area contributed by atoms with E-state index in [1.165, 1.54) is 4.90 Å². The number of amides is 3. The Morgan fingerprint density at radius 3 is 2.55 bits per heavy atom. The van der Waals surface area contributed by atoms with Crippen molar-refractivity contribution in [3.05, 3.63) is 54.6 Å². The zero-order chi connectivity index (χ0) is 15.4. The van der Waals surface area contributed by atoms with Crippen LogP contribution in [0, 0.1) is 0 Å². The van der Waals surface area contributed by atoms with E-state index >= 15 is 0 Å². The standard InChI is InChI=1S/C17H17N3O2/c21-16(20-11-10-18-17(20)22)12-19-15-9-5-4-8-14(15)13-6-2-1-3-7-13/h1-9,19H,10-12H2,(H,18,22). The average molecular weight is 295 g/mol. The van der Waals surface area contributed by atoms with Gasteiger partial charge in [-0.15, -0.1) is 0 Å². The number of imide groups is 1. The number of benzene rings is 2. The zero-order valence-corrected chi connectivity index (χ0v) is 12.1. The van der Waals surface area contributed by atoms with Crippen molar-refractivity contribution in [2.75, 3.05) is 25.0 Å². The summed E-state index contributed by atoms with van der Waals surface area (Å²) in [5, 5.41) is 5.76. The SMILES string of the molecule is O=C(CNc1ccccc1-c1ccccc1)N1CCNC1=O. The van der Waals surface area contributed by atoms with Crippen molar-refractivity contribution in [2.24, 2.45) is 0 Å². The van der Waals surface area contributed by atoms with E-state index in [1.54, 1.807) is 0 Å². The number of hydrogen-bond acceptors (Lipinski definition) is 3. The van der Waals surface area contributed by atoms with Crippen molar-refractivity contribution >= 4 is 17.6 Å². The van der Waals surface area contributed by atoms with Gasteiger partial charge >= 0.3 is 6.03 Å². The van der Waals surface area contributed by atoms with Crippen LogP contribution in [0.1, 0.15) is 0 Å². The molecule has 3 amide bonds. The molecule has 3 rings (SSSR count). The maximum Gasteiger partial charge on any atom is 0.324 e. The number of para-hydroxylation sites is 1. The second kappa shape index (κ2) is 6.30. The molecule has 2 N–H and O–H groups in total. The van der Waals surface area contributed by atoms with Crippen molar-refractivity contribution in [3.63, 3.8) is 0 Å². The molecule has 0 saturated carbocycles. The summed E-state index contributed by atoms with van der Waals surface area (Å²) in [6.07, 6.45) is 0. The van der Waals surface area contributed by atoms with E-state index in [0.29, 0.717) is 13.1 Å². The molecular weight excluding hydrogens is 278 g/mol. The number of carbonyl (C=O) groups is 2. The van der Waals surface area contributed by atoms with E-state index in [0.717, 1.165) is 16.8 Å². The molecule has 0 atom stereocenters. The maximum atomic E-state index is 12.1. The minimum Gasteiger partial charge on any atom is -0.376 e. The molecule has 5 heteroatoms. The lowest BCUT2D eigenvalue weighted by Crippen LogP contribution is -2.38. The molecule has 0 bridgehead atoms. The number of hydrogen-bond donors (Lipinski definition) is 2. The highest BCUT2D eigenvalue weighted by molar-refractivity contribution is 5.98. The largest absolute Gasteiger partial charge is 0.376 e. The van der Waals surface area contributed by atoms with Crippen LogP contribution in [-0.2, 0) is 4.79 Å². The molecule has 0 unspecified atom stereocenters. The van der Waals surface area contributed by atoms with E-state index in [-0.39, 0.29) is 18.5 Å². The molecule has 0 radical (unpaired) electrons. The Labute approximate surface area is 128 Å². The smallest absolute Gasteiger partial charge is 0.324 e. The highest BCUT2D eigenvalue weighted by Gasteiger charge is 2.25. The van der Waals surface area contributed by atoms with E-state index < -0.39 is 0 Å². The van der Waals surface area contributed by atoms with Gasteiger partial charge in [0.05, 0.1) is 6.54 Å². The van der Waals surface area contributed by atoms with Gasteiger partial charge in [-0.05, 0) is 11.6 Å². The Hall–Kier alpha value is -2.82. The molecule has 1 fully saturated rings. The molecule has 0 spiro atoms. The molecule has 1 aliphatic heterocycles. The lowest BCUT2D eigenvalue weighted by Gasteiger charge is -2.15. The van der Waals surface area contributed by atoms with Crippen molar-refractivity contribution in [1.82, 2.24) is 10.2 Å². The Balaban J connectivity index is 1.73. The summed E-state index contributed by atoms with van der Waals surface area (Å²) in [6.45, 7) is 1.04. The Kier molecular flexibility index (Phi) is 4.05. The minimum absolute atomic E-state index is 0.0945. The van der Waals surface area contributed by atoms with Gasteiger partial charge in [0.15, 0.2) is 0 Å². The van der Waals surface area contributed by atoms with Gasteiger partial charge in [0.25, 0.3) is 0 Å². The number of rotatable bonds is 4. The van der Waals surface area contributed by atoms with E-state index in [1.807, 2.05) is 54.6 Å². The quantitative estimate of drug-likeness (QED) is 0.910. The van der Waals surface area contributed by atoms with Crippen LogP contribution in [0.2, 0.25) is 0 Å². The number of nitrogens with zero attached hydrogens (tertiary/aromatic N) is 1. The van der Waals surface area contributed by atoms with E-state index in [4.69, 9.17) is 0 Å². The van der Waals surface area contributed by atoms with E-state index in [9.17, 15) is 9.59 Å². The summed E-state index contributed by atoms with van der Waals surface area (Å²) in [5.74, 6) is -0.224. The summed E-state index contributed by atoms with van der Waals surface area (Å²) in [4.78, 5) is 24.8. The van der Waals surface area contributed by atoms with Crippen molar-refractivity contribution in [1.29, 1.82) is 0 Å². The van der Waals surface area contributed by atoms with Crippen LogP contribution < -0.4 is 10.6 Å². The zero-order valence-electron chi connectivity index (χ0n) is 12.1. The number of nitrogens with one attached hydrogen (secondary N) is 2. The highest BCUT2D eigenvalue weighted by atomic mass is 16.2. The monoisotopic (exact) mass is 295 g/mol. The molecule has 0 aromatic heterocycles. The first-order chi connectivity index (χ1) is 10.8. The Morgan fingerprint density at radius 2 is 1.82 bits per heavy atom. The van der Waals surface area contributed by atoms with E-state index in [2.05, 4.69) is 10.6 Å². The number of carbonyl (C=O) groups excluding carboxylic acids is 2. The molecule has 5 nitrogen and oxygen atoms in total. The van der Waals surface area contributed by atoms with Gasteiger partial charge in [-0.3, -0.25) is 9.69 Å². The van der Waals surface area contributed by atoms with Crippen LogP contribution >= 0.6 is 0 Å². The fraction of sp³-hybridized carbons (Fsp3) is 0.176. The van der Waals surface area contributed by atoms with Crippen LogP contribution in [0.25, 0.3) is 11.1 Å². The molecule has 0 aliphatic carbocycles. The first-order valence-corrected chi connectivity index (χ1v) is 7.22. The summed E-state index contributed by atoms with van der Waals surface area (Å²) < 4.78 is 0. The summed E-state index contributed by atoms with van der Waals surface area (Å²) in [5.41, 5.74) is 2.99. The van der Waals surface area contributed by atoms with Gasteiger partial charge in [0, 0.05) is 24.3 Å². The molecule has 1 aliphatic rings. The van der Waals surface area contributed by atoms with Gasteiger partial charge < -0.3 is 10.6 Å². The average Bonchev–Trinajstić information content (AvgIpc) is 3.00. The van der Waals surface area contributed by atoms with Crippen LogP contribution in [0.3, 0.4) is 0 Å². The number of urea groups is 1. The van der Waals surface area contributed by atoms with Crippen molar-refractivity contribution in [2.45, 2.75) is 0 Å². The van der Waals surface area contributed by atoms with Crippen LogP contribution in [0.5, 0.6) is 0 Å². The van der Waals surface area contributed by atoms with Crippen molar-refractivity contribution in [3.8, 4) is 11.1 Å². The van der Waals surface area contributed by atoms with Gasteiger partial charge in [-0.2, -0.15) is 0 Å². The Morgan fingerprint density at radius 1 is 1.09 bits per heavy atom. The van der Waals surface area contributed by atoms with Crippen LogP contribution in [0.15, 0.2) is 54.6 Å². The molecule has 22 heavy (non-hydrogen) atoms. The van der Waals surface area contributed by atoms with Gasteiger partial charge in [0.2, 0.25) is 5.91 Å². The topological polar surface area (TPSA) is 61.4 Å². The fourth-order valence-corrected chi connectivity index (χ4v) is 2.48. The third-order valence-electron chi connectivity index (χ3n) is 3.60. The Bertz CT molecular complexity index is 685. The van der Waals surface area contributed by atoms with Gasteiger partial charge in [-0.1, -0.05) is 48.5 Å². The summed E-state index contributed by atoms with van der Waals surface area (Å²) in [6, 6.07) is 17.5. The molecule has 112 valence electrons. The molecule has 2 aromatic rings. The first-order valence-electron chi connectivity index (χ1n) is 7.22. The third-order valence-corrected chi connectivity index (χ3v) is 3.60. The predicted molar refractivity (Wildman–Crippen MR) is 85.5 cm³/mol. The van der Waals surface area contributed by atoms with Gasteiger partial charge in [0.1, 0.15) is 0 Å². The summed E-state index contributed by atoms with van der Waals surface area (Å²) >= 11 is 0. The third kappa shape index (κ3) is 2.93. The van der Waals surface area contributed by atoms with Crippen LogP contribution in [0.4, 0.5) is 10.5 Å². The molecular formula is C17H17N3O2. The van der Waals surface area contributed by atoms with Crippen LogP contribution in [-0.4, -0.2) is 36.5 Å². The highest BCUT2D eigenvalue weighted by Crippen LogP contribution is 2.27. The number of anilines is 1.